The molecule has 1 fully saturated rings. The first kappa shape index (κ1) is 24.3. The first-order valence-electron chi connectivity index (χ1n) is 11.7. The minimum atomic E-state index is -0.795. The lowest BCUT2D eigenvalue weighted by Crippen LogP contribution is -2.45. The largest absolute Gasteiger partial charge is 0.458 e. The third-order valence-electron chi connectivity index (χ3n) is 5.82. The molecule has 0 unspecified atom stereocenters. The molecule has 0 saturated carbocycles. The van der Waals surface area contributed by atoms with E-state index in [0.717, 1.165) is 28.4 Å². The Morgan fingerprint density at radius 1 is 1.22 bits per heavy atom. The fourth-order valence-corrected chi connectivity index (χ4v) is 5.59. The van der Waals surface area contributed by atoms with E-state index in [-0.39, 0.29) is 31.0 Å². The highest BCUT2D eigenvalue weighted by molar-refractivity contribution is 7.10. The number of nitrogens with one attached hydrogen (secondary N) is 1. The second-order valence-corrected chi connectivity index (χ2v) is 10.5. The highest BCUT2D eigenvalue weighted by Gasteiger charge is 2.33. The maximum absolute atomic E-state index is 13.7. The summed E-state index contributed by atoms with van der Waals surface area (Å²) in [5.41, 5.74) is 0. The second-order valence-electron chi connectivity index (χ2n) is 8.45. The Balaban J connectivity index is 1.38. The van der Waals surface area contributed by atoms with Crippen LogP contribution < -0.4 is 5.32 Å². The van der Waals surface area contributed by atoms with Crippen LogP contribution in [0.25, 0.3) is 11.6 Å². The molecule has 1 saturated heterocycles. The van der Waals surface area contributed by atoms with Crippen LogP contribution in [0.1, 0.15) is 34.4 Å². The molecule has 2 atom stereocenters. The summed E-state index contributed by atoms with van der Waals surface area (Å²) in [7, 11) is 0. The Bertz CT molecular complexity index is 1280. The number of aromatic nitrogens is 4. The van der Waals surface area contributed by atoms with E-state index in [1.807, 2.05) is 48.0 Å². The second kappa shape index (κ2) is 11.1. The maximum atomic E-state index is 13.7. The lowest BCUT2D eigenvalue weighted by molar-refractivity contribution is -0.142. The van der Waals surface area contributed by atoms with Crippen LogP contribution in [0.2, 0.25) is 0 Å². The standard InChI is InChI=1S/C24H26N6O4S2/c1-16-8-9-19(34-16)23-26-28-30(27-23)15-21(31)29(14-18-6-3-11-35-18)22(20-7-4-12-36-20)24(32)25-13-17-5-2-10-33-17/h3-4,6-9,11-12,17,22H,2,5,10,13-15H2,1H3,(H,25,32)/t17-,22+/m1/s1. The molecular weight excluding hydrogens is 500 g/mol. The van der Waals surface area contributed by atoms with Crippen LogP contribution in [-0.2, 0) is 27.4 Å². The number of furan rings is 1. The predicted octanol–water partition coefficient (Wildman–Crippen LogP) is 3.43. The van der Waals surface area contributed by atoms with E-state index in [1.54, 1.807) is 11.0 Å². The van der Waals surface area contributed by atoms with Gasteiger partial charge in [-0.15, -0.1) is 32.9 Å². The molecule has 12 heteroatoms. The van der Waals surface area contributed by atoms with Crippen LogP contribution in [-0.4, -0.2) is 56.2 Å². The molecule has 0 spiro atoms. The van der Waals surface area contributed by atoms with Gasteiger partial charge in [-0.05, 0) is 60.0 Å². The predicted molar refractivity (Wildman–Crippen MR) is 134 cm³/mol. The molecule has 1 aliphatic heterocycles. The summed E-state index contributed by atoms with van der Waals surface area (Å²) in [6.45, 7) is 3.07. The van der Waals surface area contributed by atoms with Crippen LogP contribution >= 0.6 is 22.7 Å². The van der Waals surface area contributed by atoms with Crippen LogP contribution in [0.3, 0.4) is 0 Å². The molecule has 188 valence electrons. The molecule has 1 aliphatic rings. The minimum absolute atomic E-state index is 0.00221. The van der Waals surface area contributed by atoms with E-state index in [1.165, 1.54) is 27.5 Å². The molecule has 0 bridgehead atoms. The van der Waals surface area contributed by atoms with Crippen molar-refractivity contribution in [1.82, 2.24) is 30.4 Å². The van der Waals surface area contributed by atoms with Crippen LogP contribution in [0.15, 0.2) is 51.6 Å². The fourth-order valence-electron chi connectivity index (χ4n) is 4.06. The van der Waals surface area contributed by atoms with E-state index in [9.17, 15) is 9.59 Å². The summed E-state index contributed by atoms with van der Waals surface area (Å²) in [5, 5.41) is 19.2. The van der Waals surface area contributed by atoms with E-state index in [0.29, 0.717) is 24.7 Å². The lowest BCUT2D eigenvalue weighted by Gasteiger charge is -2.30. The van der Waals surface area contributed by atoms with Crippen molar-refractivity contribution in [2.45, 2.75) is 45.0 Å². The van der Waals surface area contributed by atoms with Crippen molar-refractivity contribution < 1.29 is 18.7 Å². The van der Waals surface area contributed by atoms with Gasteiger partial charge in [-0.1, -0.05) is 12.1 Å². The Kier molecular flexibility index (Phi) is 7.54. The van der Waals surface area contributed by atoms with Gasteiger partial charge in [0, 0.05) is 22.9 Å². The third kappa shape index (κ3) is 5.72. The van der Waals surface area contributed by atoms with Gasteiger partial charge >= 0.3 is 0 Å². The summed E-state index contributed by atoms with van der Waals surface area (Å²) < 4.78 is 11.2. The summed E-state index contributed by atoms with van der Waals surface area (Å²) in [5.74, 6) is 0.966. The molecule has 4 aromatic rings. The molecule has 0 aliphatic carbocycles. The van der Waals surface area contributed by atoms with Gasteiger partial charge in [0.15, 0.2) is 5.76 Å². The number of tetrazole rings is 1. The van der Waals surface area contributed by atoms with Gasteiger partial charge in [-0.25, -0.2) is 0 Å². The SMILES string of the molecule is Cc1ccc(-c2nnn(CC(=O)N(Cc3cccs3)[C@H](C(=O)NC[C@H]3CCCO3)c3cccs3)n2)o1. The summed E-state index contributed by atoms with van der Waals surface area (Å²) in [4.78, 5) is 31.7. The summed E-state index contributed by atoms with van der Waals surface area (Å²) >= 11 is 2.97. The van der Waals surface area contributed by atoms with E-state index < -0.39 is 6.04 Å². The highest BCUT2D eigenvalue weighted by atomic mass is 32.1. The van der Waals surface area contributed by atoms with E-state index >= 15 is 0 Å². The van der Waals surface area contributed by atoms with E-state index in [4.69, 9.17) is 9.15 Å². The quantitative estimate of drug-likeness (QED) is 0.337. The average molecular weight is 527 g/mol. The molecule has 5 rings (SSSR count). The monoisotopic (exact) mass is 526 g/mol. The summed E-state index contributed by atoms with van der Waals surface area (Å²) in [6, 6.07) is 10.4. The Morgan fingerprint density at radius 2 is 2.08 bits per heavy atom. The Labute approximate surface area is 215 Å². The van der Waals surface area contributed by atoms with Crippen molar-refractivity contribution in [3.8, 4) is 11.6 Å². The molecule has 0 radical (unpaired) electrons. The van der Waals surface area contributed by atoms with Gasteiger partial charge in [0.25, 0.3) is 0 Å². The van der Waals surface area contributed by atoms with Crippen molar-refractivity contribution in [3.63, 3.8) is 0 Å². The smallest absolute Gasteiger partial charge is 0.248 e. The number of amides is 2. The zero-order valence-electron chi connectivity index (χ0n) is 19.7. The minimum Gasteiger partial charge on any atom is -0.458 e. The van der Waals surface area contributed by atoms with Crippen molar-refractivity contribution in [2.75, 3.05) is 13.2 Å². The molecule has 2 amide bonds. The zero-order valence-corrected chi connectivity index (χ0v) is 21.3. The number of nitrogens with zero attached hydrogens (tertiary/aromatic N) is 5. The highest BCUT2D eigenvalue weighted by Crippen LogP contribution is 2.29. The molecule has 4 aromatic heterocycles. The number of carbonyl (C=O) groups is 2. The Morgan fingerprint density at radius 3 is 2.78 bits per heavy atom. The summed E-state index contributed by atoms with van der Waals surface area (Å²) in [6.07, 6.45) is 1.90. The zero-order chi connectivity index (χ0) is 24.9. The normalized spacial score (nSPS) is 16.2. The molecular formula is C24H26N6O4S2. The van der Waals surface area contributed by atoms with Gasteiger partial charge in [-0.2, -0.15) is 4.80 Å². The van der Waals surface area contributed by atoms with Gasteiger partial charge in [0.1, 0.15) is 18.3 Å². The third-order valence-corrected chi connectivity index (χ3v) is 7.60. The van der Waals surface area contributed by atoms with E-state index in [2.05, 4.69) is 20.7 Å². The van der Waals surface area contributed by atoms with Crippen LogP contribution in [0.4, 0.5) is 0 Å². The maximum Gasteiger partial charge on any atom is 0.248 e. The number of hydrogen-bond acceptors (Lipinski definition) is 9. The van der Waals surface area contributed by atoms with Gasteiger partial charge < -0.3 is 19.4 Å². The van der Waals surface area contributed by atoms with Crippen molar-refractivity contribution in [2.24, 2.45) is 0 Å². The molecule has 10 nitrogen and oxygen atoms in total. The first-order chi connectivity index (χ1) is 17.6. The van der Waals surface area contributed by atoms with Crippen molar-refractivity contribution in [1.29, 1.82) is 0 Å². The molecule has 0 aromatic carbocycles. The Hall–Kier alpha value is -3.35. The number of ether oxygens (including phenoxy) is 1. The topological polar surface area (TPSA) is 115 Å². The molecule has 5 heterocycles. The van der Waals surface area contributed by atoms with Gasteiger partial charge in [-0.3, -0.25) is 9.59 Å². The first-order valence-corrected chi connectivity index (χ1v) is 13.4. The number of rotatable bonds is 10. The van der Waals surface area contributed by atoms with Crippen molar-refractivity contribution >= 4 is 34.5 Å². The number of thiophene rings is 2. The fraction of sp³-hybridized carbons (Fsp3) is 0.375. The number of aryl methyl sites for hydroxylation is 1. The molecule has 1 N–H and O–H groups in total. The van der Waals surface area contributed by atoms with Crippen LogP contribution in [0, 0.1) is 6.92 Å². The van der Waals surface area contributed by atoms with Crippen molar-refractivity contribution in [3.05, 3.63) is 62.7 Å². The van der Waals surface area contributed by atoms with Gasteiger partial charge in [0.2, 0.25) is 17.6 Å². The van der Waals surface area contributed by atoms with Gasteiger partial charge in [0.05, 0.1) is 12.6 Å². The lowest BCUT2D eigenvalue weighted by atomic mass is 10.1. The van der Waals surface area contributed by atoms with Crippen LogP contribution in [0.5, 0.6) is 0 Å². The number of hydrogen-bond donors (Lipinski definition) is 1. The number of carbonyl (C=O) groups excluding carboxylic acids is 2. The molecule has 36 heavy (non-hydrogen) atoms. The average Bonchev–Trinajstić information content (AvgIpc) is 3.68.